The van der Waals surface area contributed by atoms with E-state index in [0.717, 1.165) is 0 Å². The van der Waals surface area contributed by atoms with E-state index in [2.05, 4.69) is 219 Å². The van der Waals surface area contributed by atoms with Gasteiger partial charge in [0.05, 0.1) is 11.0 Å². The molecule has 0 saturated heterocycles. The lowest BCUT2D eigenvalue weighted by atomic mass is 9.43. The zero-order valence-corrected chi connectivity index (χ0v) is 43.3. The van der Waals surface area contributed by atoms with Crippen LogP contribution in [-0.2, 0) is 27.1 Å². The van der Waals surface area contributed by atoms with Gasteiger partial charge in [0.15, 0.2) is 0 Å². The molecule has 3 aliphatic carbocycles. The van der Waals surface area contributed by atoms with Crippen LogP contribution >= 0.6 is 11.3 Å². The van der Waals surface area contributed by atoms with Gasteiger partial charge in [-0.2, -0.15) is 0 Å². The first-order valence-electron chi connectivity index (χ1n) is 25.8. The third-order valence-electron chi connectivity index (χ3n) is 18.6. The van der Waals surface area contributed by atoms with Gasteiger partial charge in [0.1, 0.15) is 0 Å². The number of fused-ring (bicyclic) bond motifs is 18. The van der Waals surface area contributed by atoms with Gasteiger partial charge >= 0.3 is 6.85 Å². The minimum absolute atomic E-state index is 0.0350. The Kier molecular flexibility index (Phi) is 7.66. The van der Waals surface area contributed by atoms with Crippen LogP contribution in [0.15, 0.2) is 133 Å². The summed E-state index contributed by atoms with van der Waals surface area (Å²) in [5, 5.41) is 5.35. The maximum Gasteiger partial charge on any atom is 0.333 e. The molecule has 10 aromatic rings. The summed E-state index contributed by atoms with van der Waals surface area (Å²) in [7, 11) is 0. The van der Waals surface area contributed by atoms with Crippen LogP contribution in [-0.4, -0.2) is 11.4 Å². The lowest BCUT2D eigenvalue weighted by Gasteiger charge is -2.43. The van der Waals surface area contributed by atoms with E-state index in [0.29, 0.717) is 0 Å². The van der Waals surface area contributed by atoms with E-state index in [-0.39, 0.29) is 33.9 Å². The summed E-state index contributed by atoms with van der Waals surface area (Å²) in [5.41, 5.74) is 27.6. The van der Waals surface area contributed by atoms with Gasteiger partial charge in [-0.3, -0.25) is 0 Å². The minimum Gasteiger partial charge on any atom is -0.376 e. The molecule has 2 nitrogen and oxygen atoms in total. The molecule has 0 bridgehead atoms. The highest BCUT2D eigenvalue weighted by atomic mass is 32.1. The summed E-state index contributed by atoms with van der Waals surface area (Å²) in [6, 6.07) is 53.6. The number of nitrogens with zero attached hydrogens (tertiary/aromatic N) is 2. The largest absolute Gasteiger partial charge is 0.376 e. The van der Waals surface area contributed by atoms with Gasteiger partial charge in [-0.15, -0.1) is 11.3 Å². The van der Waals surface area contributed by atoms with Crippen molar-refractivity contribution in [1.29, 1.82) is 0 Å². The second kappa shape index (κ2) is 12.9. The van der Waals surface area contributed by atoms with Crippen molar-refractivity contribution in [1.82, 2.24) is 4.57 Å². The molecular formula is C66H59BN2S. The van der Waals surface area contributed by atoms with E-state index in [1.54, 1.807) is 5.56 Å². The average Bonchev–Trinajstić information content (AvgIpc) is 4.00. The molecule has 2 aromatic heterocycles. The number of hydrogen-bond donors (Lipinski definition) is 0. The molecule has 0 N–H and O–H groups in total. The summed E-state index contributed by atoms with van der Waals surface area (Å²) < 4.78 is 5.38. The van der Waals surface area contributed by atoms with Gasteiger partial charge in [0, 0.05) is 64.4 Å². The molecule has 0 amide bonds. The van der Waals surface area contributed by atoms with Crippen molar-refractivity contribution in [2.45, 2.75) is 116 Å². The van der Waals surface area contributed by atoms with Crippen molar-refractivity contribution in [2.75, 3.05) is 4.81 Å². The molecule has 0 fully saturated rings. The highest BCUT2D eigenvalue weighted by Gasteiger charge is 2.49. The summed E-state index contributed by atoms with van der Waals surface area (Å²) >= 11 is 1.92. The average molecular weight is 923 g/mol. The molecule has 0 unspecified atom stereocenters. The van der Waals surface area contributed by atoms with Crippen molar-refractivity contribution >= 4 is 82.5 Å². The molecule has 0 saturated carbocycles. The third-order valence-corrected chi connectivity index (χ3v) is 19.7. The molecule has 2 aliphatic heterocycles. The van der Waals surface area contributed by atoms with Gasteiger partial charge in [-0.25, -0.2) is 0 Å². The molecule has 4 heteroatoms. The van der Waals surface area contributed by atoms with E-state index in [4.69, 9.17) is 0 Å². The highest BCUT2D eigenvalue weighted by molar-refractivity contribution is 7.25. The van der Waals surface area contributed by atoms with Crippen LogP contribution in [0, 0.1) is 0 Å². The van der Waals surface area contributed by atoms with Crippen LogP contribution in [0.25, 0.3) is 81.0 Å². The first kappa shape index (κ1) is 41.4. The van der Waals surface area contributed by atoms with Crippen LogP contribution in [0.4, 0.5) is 11.4 Å². The maximum atomic E-state index is 2.77. The minimum atomic E-state index is -0.166. The first-order valence-corrected chi connectivity index (χ1v) is 26.6. The zero-order valence-electron chi connectivity index (χ0n) is 42.5. The number of anilines is 2. The Hall–Kier alpha value is -6.36. The highest BCUT2D eigenvalue weighted by Crippen LogP contribution is 2.58. The van der Waals surface area contributed by atoms with E-state index in [1.807, 2.05) is 11.3 Å². The maximum absolute atomic E-state index is 2.77. The van der Waals surface area contributed by atoms with Crippen molar-refractivity contribution in [3.05, 3.63) is 172 Å². The first-order chi connectivity index (χ1) is 33.3. The molecule has 342 valence electrons. The van der Waals surface area contributed by atoms with Crippen molar-refractivity contribution in [3.63, 3.8) is 0 Å². The molecule has 0 atom stereocenters. The van der Waals surface area contributed by atoms with Gasteiger partial charge < -0.3 is 9.38 Å². The van der Waals surface area contributed by atoms with E-state index >= 15 is 0 Å². The third kappa shape index (κ3) is 5.06. The topological polar surface area (TPSA) is 8.17 Å². The summed E-state index contributed by atoms with van der Waals surface area (Å²) in [6.45, 7) is 26.7. The van der Waals surface area contributed by atoms with Gasteiger partial charge in [-0.05, 0) is 161 Å². The van der Waals surface area contributed by atoms with Gasteiger partial charge in [0.2, 0.25) is 0 Å². The number of aromatic nitrogens is 1. The molecule has 5 aliphatic rings. The lowest BCUT2D eigenvalue weighted by Crippen LogP contribution is -2.60. The zero-order chi connectivity index (χ0) is 47.9. The summed E-state index contributed by atoms with van der Waals surface area (Å²) in [4.78, 5) is 2.77. The standard InChI is InChI=1S/C66H59BN2S/c1-62(2,3)36-20-22-37(23-21-36)69-56-31-44-42-29-52-53(64(6,7)27-26-63(52,4)5)33-50(42)66(10,11)49(44)30-46(56)40-24-25-41-45-28-47-39-17-13-15-19-58(39)70-59(47)35-55(45)68-57-32-43-38-16-12-14-18-48(38)65(8,9)51(43)34-54(57)67(69)60(40)61(41)68/h12-25,28-35H,26-27H2,1-11H3. The van der Waals surface area contributed by atoms with Gasteiger partial charge in [-0.1, -0.05) is 155 Å². The number of benzene rings is 8. The number of thiophene rings is 1. The number of hydrogen-bond acceptors (Lipinski definition) is 2. The normalized spacial score (nSPS) is 17.9. The Balaban J connectivity index is 1.08. The smallest absolute Gasteiger partial charge is 0.333 e. The van der Waals surface area contributed by atoms with Crippen LogP contribution in [0.2, 0.25) is 0 Å². The molecule has 4 heterocycles. The van der Waals surface area contributed by atoms with Crippen LogP contribution < -0.4 is 15.7 Å². The summed E-state index contributed by atoms with van der Waals surface area (Å²) in [6.07, 6.45) is 2.41. The summed E-state index contributed by atoms with van der Waals surface area (Å²) in [5.74, 6) is 0. The van der Waals surface area contributed by atoms with Crippen LogP contribution in [0.3, 0.4) is 0 Å². The fourth-order valence-corrected chi connectivity index (χ4v) is 15.6. The van der Waals surface area contributed by atoms with E-state index in [1.165, 1.54) is 150 Å². The fourth-order valence-electron chi connectivity index (χ4n) is 14.5. The Morgan fingerprint density at radius 3 is 1.87 bits per heavy atom. The quantitative estimate of drug-likeness (QED) is 0.149. The second-order valence-corrected chi connectivity index (χ2v) is 26.3. The van der Waals surface area contributed by atoms with E-state index in [9.17, 15) is 0 Å². The molecule has 15 rings (SSSR count). The predicted octanol–water partition coefficient (Wildman–Crippen LogP) is 16.6. The Labute approximate surface area is 417 Å². The molecule has 0 radical (unpaired) electrons. The SMILES string of the molecule is CC(C)(C)c1ccc(N2B3c4cc5c(cc4-n4c6cc7sc8ccccc8c7cc6c6ccc(c3c64)-c3cc4c(cc32)-c2cc3c(cc2C4(C)C)C(C)(C)CCC3(C)C)-c2ccccc2C5(C)C)cc1. The predicted molar refractivity (Wildman–Crippen MR) is 302 cm³/mol. The molecule has 0 spiro atoms. The van der Waals surface area contributed by atoms with E-state index < -0.39 is 0 Å². The molecule has 70 heavy (non-hydrogen) atoms. The van der Waals surface area contributed by atoms with Crippen LogP contribution in [0.5, 0.6) is 0 Å². The lowest BCUT2D eigenvalue weighted by molar-refractivity contribution is 0.331. The van der Waals surface area contributed by atoms with Crippen molar-refractivity contribution in [3.8, 4) is 39.1 Å². The number of rotatable bonds is 1. The Bertz CT molecular complexity index is 4050. The Morgan fingerprint density at radius 1 is 0.471 bits per heavy atom. The molecule has 8 aromatic carbocycles. The Morgan fingerprint density at radius 2 is 1.10 bits per heavy atom. The van der Waals surface area contributed by atoms with Gasteiger partial charge in [0.25, 0.3) is 0 Å². The van der Waals surface area contributed by atoms with Crippen molar-refractivity contribution in [2.24, 2.45) is 0 Å². The van der Waals surface area contributed by atoms with Crippen molar-refractivity contribution < 1.29 is 0 Å². The fraction of sp³-hybridized carbons (Fsp3) is 0.273. The monoisotopic (exact) mass is 922 g/mol. The second-order valence-electron chi connectivity index (χ2n) is 25.2. The van der Waals surface area contributed by atoms with Crippen LogP contribution in [0.1, 0.15) is 128 Å². The molecular weight excluding hydrogens is 864 g/mol.